The number of aryl methyl sites for hydroxylation is 3. The van der Waals surface area contributed by atoms with Gasteiger partial charge in [-0.2, -0.15) is 5.10 Å². The van der Waals surface area contributed by atoms with Crippen molar-refractivity contribution < 1.29 is 8.42 Å². The lowest BCUT2D eigenvalue weighted by Gasteiger charge is -2.20. The summed E-state index contributed by atoms with van der Waals surface area (Å²) < 4.78 is 29.5. The van der Waals surface area contributed by atoms with Gasteiger partial charge in [-0.05, 0) is 57.5 Å². The molecular weight excluding hydrogens is 346 g/mol. The average Bonchev–Trinajstić information content (AvgIpc) is 2.90. The van der Waals surface area contributed by atoms with Crippen molar-refractivity contribution in [3.05, 3.63) is 71.0 Å². The van der Waals surface area contributed by atoms with Gasteiger partial charge in [-0.25, -0.2) is 13.1 Å². The Labute approximate surface area is 154 Å². The molecule has 2 aromatic carbocycles. The molecule has 0 N–H and O–H groups in total. The molecule has 0 saturated carbocycles. The predicted octanol–water partition coefficient (Wildman–Crippen LogP) is 3.93. The summed E-state index contributed by atoms with van der Waals surface area (Å²) >= 11 is 0. The molecule has 0 spiro atoms. The van der Waals surface area contributed by atoms with Crippen LogP contribution in [-0.4, -0.2) is 25.2 Å². The second-order valence-electron chi connectivity index (χ2n) is 6.56. The molecule has 26 heavy (non-hydrogen) atoms. The molecule has 0 radical (unpaired) electrons. The Hall–Kier alpha value is -2.60. The number of anilines is 1. The van der Waals surface area contributed by atoms with E-state index in [1.807, 2.05) is 56.3 Å². The molecule has 1 aromatic heterocycles. The van der Waals surface area contributed by atoms with Crippen molar-refractivity contribution in [2.45, 2.75) is 32.6 Å². The highest BCUT2D eigenvalue weighted by molar-refractivity contribution is 7.92. The Morgan fingerprint density at radius 1 is 0.923 bits per heavy atom. The predicted molar refractivity (Wildman–Crippen MR) is 105 cm³/mol. The highest BCUT2D eigenvalue weighted by atomic mass is 32.2. The third-order valence-corrected chi connectivity index (χ3v) is 6.53. The first-order chi connectivity index (χ1) is 12.2. The molecule has 0 atom stereocenters. The summed E-state index contributed by atoms with van der Waals surface area (Å²) in [7, 11) is -2.14. The minimum Gasteiger partial charge on any atom is -0.269 e. The molecule has 0 aliphatic carbocycles. The number of aromatic nitrogens is 2. The lowest BCUT2D eigenvalue weighted by Crippen LogP contribution is -2.27. The number of sulfonamides is 1. The van der Waals surface area contributed by atoms with Gasteiger partial charge in [0.2, 0.25) is 0 Å². The van der Waals surface area contributed by atoms with Crippen molar-refractivity contribution in [1.82, 2.24) is 9.78 Å². The summed E-state index contributed by atoms with van der Waals surface area (Å²) in [5.41, 5.74) is 4.71. The van der Waals surface area contributed by atoms with E-state index in [2.05, 4.69) is 5.10 Å². The Balaban J connectivity index is 2.10. The van der Waals surface area contributed by atoms with Crippen LogP contribution < -0.4 is 4.31 Å². The van der Waals surface area contributed by atoms with E-state index in [1.54, 1.807) is 31.6 Å². The first-order valence-electron chi connectivity index (χ1n) is 8.40. The summed E-state index contributed by atoms with van der Waals surface area (Å²) in [5.74, 6) is 0. The molecule has 3 rings (SSSR count). The average molecular weight is 369 g/mol. The van der Waals surface area contributed by atoms with Crippen LogP contribution in [0.1, 0.15) is 22.5 Å². The van der Waals surface area contributed by atoms with Gasteiger partial charge in [0, 0.05) is 7.05 Å². The van der Waals surface area contributed by atoms with Gasteiger partial charge in [-0.1, -0.05) is 29.8 Å². The first-order valence-corrected chi connectivity index (χ1v) is 9.84. The molecule has 0 bridgehead atoms. The van der Waals surface area contributed by atoms with Crippen LogP contribution in [0.4, 0.5) is 5.69 Å². The number of hydrogen-bond acceptors (Lipinski definition) is 3. The quantitative estimate of drug-likeness (QED) is 0.700. The molecule has 1 heterocycles. The number of hydrogen-bond donors (Lipinski definition) is 0. The van der Waals surface area contributed by atoms with E-state index in [-0.39, 0.29) is 4.90 Å². The van der Waals surface area contributed by atoms with Gasteiger partial charge >= 0.3 is 0 Å². The van der Waals surface area contributed by atoms with Gasteiger partial charge in [0.05, 0.1) is 22.8 Å². The van der Waals surface area contributed by atoms with Crippen molar-refractivity contribution in [2.24, 2.45) is 0 Å². The van der Waals surface area contributed by atoms with Crippen molar-refractivity contribution in [2.75, 3.05) is 11.4 Å². The van der Waals surface area contributed by atoms with Crippen LogP contribution in [0.5, 0.6) is 0 Å². The number of benzene rings is 2. The summed E-state index contributed by atoms with van der Waals surface area (Å²) in [6, 6.07) is 15.3. The molecule has 6 heteroatoms. The van der Waals surface area contributed by atoms with Gasteiger partial charge < -0.3 is 0 Å². The zero-order valence-corrected chi connectivity index (χ0v) is 16.5. The zero-order chi connectivity index (χ0) is 19.1. The van der Waals surface area contributed by atoms with Crippen LogP contribution in [0.15, 0.2) is 53.4 Å². The lowest BCUT2D eigenvalue weighted by atomic mass is 10.2. The van der Waals surface area contributed by atoms with Crippen molar-refractivity contribution in [1.29, 1.82) is 0 Å². The van der Waals surface area contributed by atoms with Gasteiger partial charge in [0.25, 0.3) is 10.0 Å². The van der Waals surface area contributed by atoms with Crippen LogP contribution in [-0.2, 0) is 10.0 Å². The monoisotopic (exact) mass is 369 g/mol. The third-order valence-electron chi connectivity index (χ3n) is 4.49. The van der Waals surface area contributed by atoms with Crippen molar-refractivity contribution in [3.63, 3.8) is 0 Å². The molecule has 0 aliphatic heterocycles. The van der Waals surface area contributed by atoms with Crippen LogP contribution in [0.2, 0.25) is 0 Å². The lowest BCUT2D eigenvalue weighted by molar-refractivity contribution is 0.593. The van der Waals surface area contributed by atoms with Gasteiger partial charge in [0.1, 0.15) is 4.90 Å². The zero-order valence-electron chi connectivity index (χ0n) is 15.7. The Kier molecular flexibility index (Phi) is 4.63. The maximum atomic E-state index is 13.3. The molecule has 0 fully saturated rings. The van der Waals surface area contributed by atoms with E-state index in [4.69, 9.17) is 0 Å². The van der Waals surface area contributed by atoms with E-state index in [0.717, 1.165) is 16.8 Å². The largest absolute Gasteiger partial charge is 0.269 e. The van der Waals surface area contributed by atoms with E-state index >= 15 is 0 Å². The minimum atomic E-state index is -3.72. The summed E-state index contributed by atoms with van der Waals surface area (Å²) in [5, 5.41) is 4.48. The second-order valence-corrected chi connectivity index (χ2v) is 8.46. The fraction of sp³-hybridized carbons (Fsp3) is 0.250. The van der Waals surface area contributed by atoms with Gasteiger partial charge in [0.15, 0.2) is 0 Å². The summed E-state index contributed by atoms with van der Waals surface area (Å²) in [6.45, 7) is 7.47. The van der Waals surface area contributed by atoms with Gasteiger partial charge in [-0.3, -0.25) is 4.31 Å². The molecule has 136 valence electrons. The normalized spacial score (nSPS) is 11.6. The summed E-state index contributed by atoms with van der Waals surface area (Å²) in [4.78, 5) is 0.252. The van der Waals surface area contributed by atoms with Crippen LogP contribution in [0, 0.1) is 27.7 Å². The standard InChI is InChI=1S/C20H23N3O2S/c1-14-9-11-18(12-10-14)23-17(4)20(16(3)21-23)26(24,25)22(5)19-8-6-7-15(2)13-19/h6-13H,1-5H3. The van der Waals surface area contributed by atoms with Crippen LogP contribution in [0.25, 0.3) is 5.69 Å². The topological polar surface area (TPSA) is 55.2 Å². The van der Waals surface area contributed by atoms with Gasteiger partial charge in [-0.15, -0.1) is 0 Å². The molecule has 0 amide bonds. The molecule has 0 unspecified atom stereocenters. The fourth-order valence-corrected chi connectivity index (χ4v) is 4.58. The third kappa shape index (κ3) is 3.12. The maximum absolute atomic E-state index is 13.3. The van der Waals surface area contributed by atoms with Crippen molar-refractivity contribution >= 4 is 15.7 Å². The Bertz CT molecular complexity index is 1050. The van der Waals surface area contributed by atoms with Crippen molar-refractivity contribution in [3.8, 4) is 5.69 Å². The first kappa shape index (κ1) is 18.2. The molecule has 0 saturated heterocycles. The Morgan fingerprint density at radius 2 is 1.58 bits per heavy atom. The maximum Gasteiger partial charge on any atom is 0.267 e. The number of nitrogens with zero attached hydrogens (tertiary/aromatic N) is 3. The molecule has 3 aromatic rings. The second kappa shape index (κ2) is 6.61. The number of rotatable bonds is 4. The van der Waals surface area contributed by atoms with Crippen LogP contribution >= 0.6 is 0 Å². The van der Waals surface area contributed by atoms with E-state index in [0.29, 0.717) is 17.1 Å². The smallest absolute Gasteiger partial charge is 0.267 e. The van der Waals surface area contributed by atoms with E-state index in [9.17, 15) is 8.42 Å². The molecule has 5 nitrogen and oxygen atoms in total. The highest BCUT2D eigenvalue weighted by Gasteiger charge is 2.29. The summed E-state index contributed by atoms with van der Waals surface area (Å²) in [6.07, 6.45) is 0. The Morgan fingerprint density at radius 3 is 2.19 bits per heavy atom. The minimum absolute atomic E-state index is 0.252. The molecular formula is C20H23N3O2S. The fourth-order valence-electron chi connectivity index (χ4n) is 3.04. The van der Waals surface area contributed by atoms with E-state index in [1.165, 1.54) is 4.31 Å². The molecule has 0 aliphatic rings. The highest BCUT2D eigenvalue weighted by Crippen LogP contribution is 2.28. The van der Waals surface area contributed by atoms with Crippen LogP contribution in [0.3, 0.4) is 0 Å². The van der Waals surface area contributed by atoms with E-state index < -0.39 is 10.0 Å². The SMILES string of the molecule is Cc1ccc(-n2nc(C)c(S(=O)(=O)N(C)c3cccc(C)c3)c2C)cc1.